The third-order valence-electron chi connectivity index (χ3n) is 7.18. The highest BCUT2D eigenvalue weighted by atomic mass is 19.1. The third kappa shape index (κ3) is 6.29. The molecule has 7 nitrogen and oxygen atoms in total. The maximum absolute atomic E-state index is 14.5. The predicted molar refractivity (Wildman–Crippen MR) is 156 cm³/mol. The second-order valence-electron chi connectivity index (χ2n) is 10.1. The van der Waals surface area contributed by atoms with Crippen LogP contribution in [0.4, 0.5) is 4.39 Å². The fourth-order valence-electron chi connectivity index (χ4n) is 4.85. The van der Waals surface area contributed by atoms with E-state index in [4.69, 9.17) is 4.74 Å². The second kappa shape index (κ2) is 12.7. The second-order valence-corrected chi connectivity index (χ2v) is 10.1. The molecule has 1 amide bonds. The number of hydrogen-bond donors (Lipinski definition) is 2. The summed E-state index contributed by atoms with van der Waals surface area (Å²) < 4.78 is 20.3. The van der Waals surface area contributed by atoms with Gasteiger partial charge in [0, 0.05) is 51.1 Å². The molecule has 1 aliphatic carbocycles. The van der Waals surface area contributed by atoms with Crippen molar-refractivity contribution >= 4 is 28.0 Å². The van der Waals surface area contributed by atoms with Crippen LogP contribution in [0.5, 0.6) is 5.88 Å². The van der Waals surface area contributed by atoms with Gasteiger partial charge in [0.15, 0.2) is 0 Å². The summed E-state index contributed by atoms with van der Waals surface area (Å²) in [5, 5.41) is 10.2. The topological polar surface area (TPSA) is 83.1 Å². The molecule has 206 valence electrons. The van der Waals surface area contributed by atoms with Crippen molar-refractivity contribution < 1.29 is 13.9 Å². The van der Waals surface area contributed by atoms with Gasteiger partial charge >= 0.3 is 0 Å². The van der Waals surface area contributed by atoms with Gasteiger partial charge in [-0.1, -0.05) is 48.9 Å². The van der Waals surface area contributed by atoms with Crippen molar-refractivity contribution in [2.24, 2.45) is 5.92 Å². The number of fused-ring (bicyclic) bond motifs is 1. The van der Waals surface area contributed by atoms with Crippen LogP contribution in [0, 0.1) is 11.9 Å². The molecule has 1 aliphatic rings. The number of amides is 1. The van der Waals surface area contributed by atoms with E-state index in [1.165, 1.54) is 22.5 Å². The van der Waals surface area contributed by atoms with Gasteiger partial charge in [0.05, 0.1) is 10.9 Å². The van der Waals surface area contributed by atoms with Crippen molar-refractivity contribution in [3.63, 3.8) is 0 Å². The van der Waals surface area contributed by atoms with E-state index in [-0.39, 0.29) is 5.91 Å². The molecule has 0 radical (unpaired) electrons. The Morgan fingerprint density at radius 3 is 2.60 bits per heavy atom. The molecule has 0 aliphatic heterocycles. The zero-order chi connectivity index (χ0) is 27.9. The SMILES string of the molecule is CN(C)C(=O)/C=C/CNCCOc1ccc(/C(=C(\c2ccccc2)C2CCC2)c2ccc3n[nH]c(F)c3c2)cn1. The number of allylic oxidation sites excluding steroid dienone is 1. The minimum atomic E-state index is -0.434. The summed E-state index contributed by atoms with van der Waals surface area (Å²) in [6.45, 7) is 1.64. The van der Waals surface area contributed by atoms with E-state index in [0.717, 1.165) is 29.5 Å². The van der Waals surface area contributed by atoms with E-state index in [1.807, 2.05) is 42.6 Å². The Morgan fingerprint density at radius 2 is 1.90 bits per heavy atom. The van der Waals surface area contributed by atoms with Crippen LogP contribution in [0.1, 0.15) is 36.0 Å². The number of aromatic amines is 1. The smallest absolute Gasteiger partial charge is 0.245 e. The van der Waals surface area contributed by atoms with Gasteiger partial charge in [-0.3, -0.25) is 9.89 Å². The number of halogens is 1. The van der Waals surface area contributed by atoms with Crippen LogP contribution in [-0.2, 0) is 4.79 Å². The Morgan fingerprint density at radius 1 is 1.10 bits per heavy atom. The van der Waals surface area contributed by atoms with Gasteiger partial charge in [-0.25, -0.2) is 4.98 Å². The largest absolute Gasteiger partial charge is 0.476 e. The van der Waals surface area contributed by atoms with Gasteiger partial charge in [0.1, 0.15) is 6.61 Å². The molecule has 8 heteroatoms. The van der Waals surface area contributed by atoms with Gasteiger partial charge in [-0.2, -0.15) is 9.49 Å². The number of H-pyrrole nitrogens is 1. The molecule has 1 fully saturated rings. The van der Waals surface area contributed by atoms with Crippen LogP contribution in [0.2, 0.25) is 0 Å². The maximum Gasteiger partial charge on any atom is 0.245 e. The average Bonchev–Trinajstić information content (AvgIpc) is 3.32. The van der Waals surface area contributed by atoms with Crippen LogP contribution in [0.3, 0.4) is 0 Å². The third-order valence-corrected chi connectivity index (χ3v) is 7.18. The first-order valence-corrected chi connectivity index (χ1v) is 13.6. The zero-order valence-electron chi connectivity index (χ0n) is 22.9. The van der Waals surface area contributed by atoms with E-state index < -0.39 is 5.95 Å². The molecule has 4 aromatic rings. The molecule has 1 saturated carbocycles. The first-order chi connectivity index (χ1) is 19.5. The van der Waals surface area contributed by atoms with Crippen LogP contribution in [0.25, 0.3) is 22.0 Å². The Hall–Kier alpha value is -4.30. The zero-order valence-corrected chi connectivity index (χ0v) is 22.9. The first kappa shape index (κ1) is 27.3. The van der Waals surface area contributed by atoms with E-state index in [1.54, 1.807) is 26.2 Å². The van der Waals surface area contributed by atoms with Crippen LogP contribution in [0.15, 0.2) is 79.0 Å². The molecule has 0 bridgehead atoms. The minimum absolute atomic E-state index is 0.0432. The molecule has 0 spiro atoms. The first-order valence-electron chi connectivity index (χ1n) is 13.6. The van der Waals surface area contributed by atoms with Gasteiger partial charge in [0.2, 0.25) is 17.7 Å². The number of carbonyl (C=O) groups excluding carboxylic acids is 1. The normalized spacial score (nSPS) is 14.3. The summed E-state index contributed by atoms with van der Waals surface area (Å²) >= 11 is 0. The molecule has 2 heterocycles. The van der Waals surface area contributed by atoms with E-state index in [0.29, 0.717) is 42.4 Å². The number of nitrogens with zero attached hydrogens (tertiary/aromatic N) is 3. The summed E-state index contributed by atoms with van der Waals surface area (Å²) in [6.07, 6.45) is 8.62. The number of likely N-dealkylation sites (N-methyl/N-ethyl adjacent to an activating group) is 1. The van der Waals surface area contributed by atoms with Gasteiger partial charge in [-0.15, -0.1) is 0 Å². The number of carbonyl (C=O) groups is 1. The molecule has 0 atom stereocenters. The highest BCUT2D eigenvalue weighted by molar-refractivity contribution is 6.01. The highest BCUT2D eigenvalue weighted by Crippen LogP contribution is 2.45. The molecule has 2 aromatic carbocycles. The Kier molecular flexibility index (Phi) is 8.66. The summed E-state index contributed by atoms with van der Waals surface area (Å²) in [5.41, 5.74) is 5.96. The number of ether oxygens (including phenoxy) is 1. The molecule has 5 rings (SSSR count). The summed E-state index contributed by atoms with van der Waals surface area (Å²) in [7, 11) is 3.44. The van der Waals surface area contributed by atoms with Crippen LogP contribution < -0.4 is 10.1 Å². The number of nitrogens with one attached hydrogen (secondary N) is 2. The lowest BCUT2D eigenvalue weighted by molar-refractivity contribution is -0.123. The van der Waals surface area contributed by atoms with E-state index >= 15 is 0 Å². The molecule has 0 saturated heterocycles. The lowest BCUT2D eigenvalue weighted by Crippen LogP contribution is -2.22. The quantitative estimate of drug-likeness (QED) is 0.150. The predicted octanol–water partition coefficient (Wildman–Crippen LogP) is 5.47. The Labute approximate surface area is 233 Å². The van der Waals surface area contributed by atoms with Crippen molar-refractivity contribution in [1.29, 1.82) is 0 Å². The van der Waals surface area contributed by atoms with Crippen molar-refractivity contribution in [3.8, 4) is 5.88 Å². The Balaban J connectivity index is 1.39. The number of aromatic nitrogens is 3. The van der Waals surface area contributed by atoms with E-state index in [2.05, 4.69) is 44.8 Å². The fraction of sp³-hybridized carbons (Fsp3) is 0.281. The Bertz CT molecular complexity index is 1510. The average molecular weight is 540 g/mol. The monoisotopic (exact) mass is 539 g/mol. The maximum atomic E-state index is 14.5. The van der Waals surface area contributed by atoms with Crippen LogP contribution in [-0.4, -0.2) is 59.8 Å². The van der Waals surface area contributed by atoms with Crippen molar-refractivity contribution in [3.05, 3.63) is 102 Å². The van der Waals surface area contributed by atoms with Crippen molar-refractivity contribution in [1.82, 2.24) is 25.4 Å². The van der Waals surface area contributed by atoms with Gasteiger partial charge in [0.25, 0.3) is 0 Å². The number of hydrogen-bond acceptors (Lipinski definition) is 5. The van der Waals surface area contributed by atoms with Gasteiger partial charge < -0.3 is 15.0 Å². The lowest BCUT2D eigenvalue weighted by Gasteiger charge is -2.31. The molecule has 40 heavy (non-hydrogen) atoms. The minimum Gasteiger partial charge on any atom is -0.476 e. The standard InChI is InChI=1S/C32H34FN5O2/c1-38(2)29(39)12-7-17-34-18-19-40-28-16-14-25(21-35-28)31(24-13-15-27-26(20-24)32(33)37-36-27)30(23-10-6-11-23)22-8-4-3-5-9-22/h3-5,7-9,12-16,20-21,23,34H,6,10-11,17-19H2,1-2H3,(H,36,37)/b12-7+,31-30+. The van der Waals surface area contributed by atoms with Gasteiger partial charge in [-0.05, 0) is 59.2 Å². The molecular weight excluding hydrogens is 505 g/mol. The highest BCUT2D eigenvalue weighted by Gasteiger charge is 2.27. The van der Waals surface area contributed by atoms with Crippen molar-refractivity contribution in [2.75, 3.05) is 33.8 Å². The summed E-state index contributed by atoms with van der Waals surface area (Å²) in [4.78, 5) is 17.7. The van der Waals surface area contributed by atoms with Crippen LogP contribution >= 0.6 is 0 Å². The fourth-order valence-corrected chi connectivity index (χ4v) is 4.85. The summed E-state index contributed by atoms with van der Waals surface area (Å²) in [5.74, 6) is 0.477. The number of rotatable bonds is 11. The number of pyridine rings is 1. The molecule has 0 unspecified atom stereocenters. The molecular formula is C32H34FN5O2. The van der Waals surface area contributed by atoms with E-state index in [9.17, 15) is 9.18 Å². The summed E-state index contributed by atoms with van der Waals surface area (Å²) in [6, 6.07) is 20.1. The number of benzene rings is 2. The molecule has 2 aromatic heterocycles. The van der Waals surface area contributed by atoms with Crippen molar-refractivity contribution in [2.45, 2.75) is 19.3 Å². The lowest BCUT2D eigenvalue weighted by atomic mass is 9.73. The molecule has 2 N–H and O–H groups in total.